The Kier molecular flexibility index (Phi) is 3.39. The van der Waals surface area contributed by atoms with Gasteiger partial charge in [0, 0.05) is 44.7 Å². The van der Waals surface area contributed by atoms with E-state index in [1.807, 2.05) is 45.5 Å². The number of aromatic nitrogens is 6. The highest BCUT2D eigenvalue weighted by Gasteiger charge is 2.11. The number of rotatable bonds is 4. The highest BCUT2D eigenvalue weighted by Crippen LogP contribution is 2.23. The number of anilines is 1. The maximum absolute atomic E-state index is 4.60. The van der Waals surface area contributed by atoms with Gasteiger partial charge in [-0.1, -0.05) is 0 Å². The minimum atomic E-state index is 0.605. The lowest BCUT2D eigenvalue weighted by atomic mass is 10.2. The molecule has 0 saturated heterocycles. The first-order chi connectivity index (χ1) is 10.2. The number of hydrogen-bond donors (Lipinski definition) is 1. The molecule has 7 heteroatoms. The second-order valence-electron chi connectivity index (χ2n) is 4.77. The van der Waals surface area contributed by atoms with E-state index in [0.717, 1.165) is 29.3 Å². The molecule has 0 spiro atoms. The minimum absolute atomic E-state index is 0.605. The summed E-state index contributed by atoms with van der Waals surface area (Å²) in [4.78, 5) is 9.12. The molecule has 3 heterocycles. The van der Waals surface area contributed by atoms with E-state index >= 15 is 0 Å². The normalized spacial score (nSPS) is 10.8. The lowest BCUT2D eigenvalue weighted by molar-refractivity contribution is 0.768. The number of hydrogen-bond acceptors (Lipinski definition) is 5. The molecule has 0 bridgehead atoms. The summed E-state index contributed by atoms with van der Waals surface area (Å²) < 4.78 is 3.49. The number of nitrogens with zero attached hydrogens (tertiary/aromatic N) is 6. The van der Waals surface area contributed by atoms with Crippen molar-refractivity contribution in [3.05, 3.63) is 30.7 Å². The molecule has 1 N–H and O–H groups in total. The van der Waals surface area contributed by atoms with Gasteiger partial charge in [0.1, 0.15) is 11.5 Å². The monoisotopic (exact) mass is 283 g/mol. The lowest BCUT2D eigenvalue weighted by Crippen LogP contribution is -2.03. The Labute approximate surface area is 122 Å². The predicted octanol–water partition coefficient (Wildman–Crippen LogP) is 1.71. The smallest absolute Gasteiger partial charge is 0.182 e. The van der Waals surface area contributed by atoms with Crippen molar-refractivity contribution >= 4 is 5.82 Å². The zero-order valence-electron chi connectivity index (χ0n) is 12.3. The van der Waals surface area contributed by atoms with Crippen LogP contribution in [0.1, 0.15) is 6.92 Å². The fraction of sp³-hybridized carbons (Fsp3) is 0.286. The van der Waals surface area contributed by atoms with E-state index in [-0.39, 0.29) is 0 Å². The summed E-state index contributed by atoms with van der Waals surface area (Å²) in [6, 6.07) is 3.82. The van der Waals surface area contributed by atoms with Crippen LogP contribution in [0.5, 0.6) is 0 Å². The van der Waals surface area contributed by atoms with Crippen LogP contribution in [0.25, 0.3) is 22.8 Å². The molecule has 0 aliphatic carbocycles. The Balaban J connectivity index is 2.09. The van der Waals surface area contributed by atoms with Gasteiger partial charge in [0.15, 0.2) is 5.82 Å². The first-order valence-electron chi connectivity index (χ1n) is 6.77. The van der Waals surface area contributed by atoms with Gasteiger partial charge in [-0.2, -0.15) is 10.2 Å². The standard InChI is InChI=1S/C14H17N7/c1-4-15-13-7-12(10-8-16-21(3)9-10)17-14(18-13)11-5-6-20(2)19-11/h5-9H,4H2,1-3H3,(H,15,17,18). The molecule has 0 aliphatic rings. The molecule has 7 nitrogen and oxygen atoms in total. The summed E-state index contributed by atoms with van der Waals surface area (Å²) in [7, 11) is 3.76. The fourth-order valence-electron chi connectivity index (χ4n) is 2.07. The highest BCUT2D eigenvalue weighted by molar-refractivity contribution is 5.65. The summed E-state index contributed by atoms with van der Waals surface area (Å²) in [5.74, 6) is 1.39. The fourth-order valence-corrected chi connectivity index (χ4v) is 2.07. The molecule has 108 valence electrons. The van der Waals surface area contributed by atoms with Crippen LogP contribution in [-0.4, -0.2) is 36.1 Å². The Morgan fingerprint density at radius 3 is 2.62 bits per heavy atom. The molecule has 0 fully saturated rings. The second kappa shape index (κ2) is 5.35. The first-order valence-corrected chi connectivity index (χ1v) is 6.77. The van der Waals surface area contributed by atoms with Crippen molar-refractivity contribution in [3.63, 3.8) is 0 Å². The molecule has 21 heavy (non-hydrogen) atoms. The third kappa shape index (κ3) is 2.76. The van der Waals surface area contributed by atoms with Crippen LogP contribution in [0.3, 0.4) is 0 Å². The first kappa shape index (κ1) is 13.3. The zero-order chi connectivity index (χ0) is 14.8. The van der Waals surface area contributed by atoms with Gasteiger partial charge in [0.05, 0.1) is 11.9 Å². The van der Waals surface area contributed by atoms with Gasteiger partial charge in [0.2, 0.25) is 0 Å². The van der Waals surface area contributed by atoms with Gasteiger partial charge >= 0.3 is 0 Å². The molecular weight excluding hydrogens is 266 g/mol. The van der Waals surface area contributed by atoms with E-state index < -0.39 is 0 Å². The maximum Gasteiger partial charge on any atom is 0.182 e. The molecule has 3 aromatic heterocycles. The summed E-state index contributed by atoms with van der Waals surface area (Å²) in [5.41, 5.74) is 2.54. The van der Waals surface area contributed by atoms with Crippen molar-refractivity contribution in [2.24, 2.45) is 14.1 Å². The van der Waals surface area contributed by atoms with Gasteiger partial charge in [-0.15, -0.1) is 0 Å². The van der Waals surface area contributed by atoms with Crippen LogP contribution in [0.15, 0.2) is 30.7 Å². The number of aryl methyl sites for hydroxylation is 2. The molecule has 0 radical (unpaired) electrons. The average molecular weight is 283 g/mol. The molecule has 3 aromatic rings. The molecule has 0 amide bonds. The Morgan fingerprint density at radius 2 is 2.00 bits per heavy atom. The molecular formula is C14H17N7. The quantitative estimate of drug-likeness (QED) is 0.789. The summed E-state index contributed by atoms with van der Waals surface area (Å²) >= 11 is 0. The third-order valence-corrected chi connectivity index (χ3v) is 3.03. The van der Waals surface area contributed by atoms with Crippen LogP contribution in [0.4, 0.5) is 5.82 Å². The van der Waals surface area contributed by atoms with Crippen molar-refractivity contribution < 1.29 is 0 Å². The summed E-state index contributed by atoms with van der Waals surface area (Å²) in [6.07, 6.45) is 5.60. The van der Waals surface area contributed by atoms with Crippen molar-refractivity contribution in [2.75, 3.05) is 11.9 Å². The van der Waals surface area contributed by atoms with Crippen LogP contribution in [0, 0.1) is 0 Å². The van der Waals surface area contributed by atoms with E-state index in [2.05, 4.69) is 25.5 Å². The van der Waals surface area contributed by atoms with Gasteiger partial charge in [-0.3, -0.25) is 9.36 Å². The molecule has 3 rings (SSSR count). The minimum Gasteiger partial charge on any atom is -0.370 e. The number of nitrogens with one attached hydrogen (secondary N) is 1. The molecule has 0 unspecified atom stereocenters. The van der Waals surface area contributed by atoms with Gasteiger partial charge in [-0.05, 0) is 13.0 Å². The van der Waals surface area contributed by atoms with Crippen LogP contribution < -0.4 is 5.32 Å². The molecule has 0 aliphatic heterocycles. The van der Waals surface area contributed by atoms with E-state index in [1.165, 1.54) is 0 Å². The Morgan fingerprint density at radius 1 is 1.14 bits per heavy atom. The average Bonchev–Trinajstić information content (AvgIpc) is 3.08. The van der Waals surface area contributed by atoms with Crippen LogP contribution in [0.2, 0.25) is 0 Å². The SMILES string of the molecule is CCNc1cc(-c2cnn(C)c2)nc(-c2ccn(C)n2)n1. The lowest BCUT2D eigenvalue weighted by Gasteiger charge is -2.06. The second-order valence-corrected chi connectivity index (χ2v) is 4.77. The van der Waals surface area contributed by atoms with E-state index in [4.69, 9.17) is 0 Å². The third-order valence-electron chi connectivity index (χ3n) is 3.03. The predicted molar refractivity (Wildman–Crippen MR) is 80.6 cm³/mol. The highest BCUT2D eigenvalue weighted by atomic mass is 15.3. The Hall–Kier alpha value is -2.70. The van der Waals surface area contributed by atoms with Crippen molar-refractivity contribution in [3.8, 4) is 22.8 Å². The van der Waals surface area contributed by atoms with E-state index in [0.29, 0.717) is 5.82 Å². The topological polar surface area (TPSA) is 73.5 Å². The summed E-state index contributed by atoms with van der Waals surface area (Å²) in [6.45, 7) is 2.83. The molecule has 0 aromatic carbocycles. The largest absolute Gasteiger partial charge is 0.370 e. The van der Waals surface area contributed by atoms with Crippen molar-refractivity contribution in [1.82, 2.24) is 29.5 Å². The maximum atomic E-state index is 4.60. The van der Waals surface area contributed by atoms with Gasteiger partial charge in [0.25, 0.3) is 0 Å². The van der Waals surface area contributed by atoms with Gasteiger partial charge < -0.3 is 5.32 Å². The summed E-state index contributed by atoms with van der Waals surface area (Å²) in [5, 5.41) is 11.8. The van der Waals surface area contributed by atoms with Crippen LogP contribution >= 0.6 is 0 Å². The van der Waals surface area contributed by atoms with Crippen LogP contribution in [-0.2, 0) is 14.1 Å². The van der Waals surface area contributed by atoms with Crippen molar-refractivity contribution in [1.29, 1.82) is 0 Å². The van der Waals surface area contributed by atoms with Gasteiger partial charge in [-0.25, -0.2) is 9.97 Å². The van der Waals surface area contributed by atoms with E-state index in [1.54, 1.807) is 15.6 Å². The van der Waals surface area contributed by atoms with E-state index in [9.17, 15) is 0 Å². The molecule has 0 atom stereocenters. The zero-order valence-corrected chi connectivity index (χ0v) is 12.3. The molecule has 0 saturated carbocycles. The Bertz CT molecular complexity index is 698. The van der Waals surface area contributed by atoms with Crippen molar-refractivity contribution in [2.45, 2.75) is 6.92 Å².